The van der Waals surface area contributed by atoms with Gasteiger partial charge < -0.3 is 9.47 Å². The van der Waals surface area contributed by atoms with Gasteiger partial charge >= 0.3 is 0 Å². The Kier molecular flexibility index (Phi) is 3.92. The number of aryl methyl sites for hydroxylation is 1. The molecule has 0 spiro atoms. The molecule has 0 aromatic carbocycles. The Morgan fingerprint density at radius 2 is 2.31 bits per heavy atom. The predicted octanol–water partition coefficient (Wildman–Crippen LogP) is 0.242. The van der Waals surface area contributed by atoms with E-state index in [0.29, 0.717) is 13.4 Å². The van der Waals surface area contributed by atoms with Crippen LogP contribution in [0.2, 0.25) is 0 Å². The minimum atomic E-state index is 0.368. The van der Waals surface area contributed by atoms with Crippen molar-refractivity contribution in [3.8, 4) is 0 Å². The summed E-state index contributed by atoms with van der Waals surface area (Å²) in [5, 5.41) is 0. The summed E-state index contributed by atoms with van der Waals surface area (Å²) in [4.78, 5) is 0. The van der Waals surface area contributed by atoms with E-state index in [0.717, 1.165) is 6.54 Å². The van der Waals surface area contributed by atoms with Gasteiger partial charge in [0, 0.05) is 14.0 Å². The summed E-state index contributed by atoms with van der Waals surface area (Å²) in [6, 6.07) is 0. The van der Waals surface area contributed by atoms with Gasteiger partial charge in [-0.1, -0.05) is 0 Å². The number of nitrogens with zero attached hydrogens (tertiary/aromatic N) is 2. The lowest BCUT2D eigenvalue weighted by atomic mass is 10.6. The van der Waals surface area contributed by atoms with Crippen molar-refractivity contribution in [2.24, 2.45) is 7.05 Å². The Morgan fingerprint density at radius 3 is 2.85 bits per heavy atom. The summed E-state index contributed by atoms with van der Waals surface area (Å²) in [5.74, 6) is 1.22. The molecule has 0 fully saturated rings. The van der Waals surface area contributed by atoms with E-state index in [1.54, 1.807) is 7.11 Å². The fourth-order valence-electron chi connectivity index (χ4n) is 1.14. The topological polar surface area (TPSA) is 27.3 Å². The Labute approximate surface area is 78.7 Å². The summed E-state index contributed by atoms with van der Waals surface area (Å²) in [6.45, 7) is 4.00. The zero-order valence-corrected chi connectivity index (χ0v) is 8.49. The van der Waals surface area contributed by atoms with Gasteiger partial charge in [0.05, 0.1) is 13.7 Å². The van der Waals surface area contributed by atoms with Crippen LogP contribution in [0.15, 0.2) is 12.4 Å². The number of methoxy groups -OCH3 is 1. The van der Waals surface area contributed by atoms with Gasteiger partial charge in [-0.15, -0.1) is 0 Å². The first-order valence-electron chi connectivity index (χ1n) is 4.33. The first-order chi connectivity index (χ1) is 6.25. The van der Waals surface area contributed by atoms with Crippen molar-refractivity contribution >= 4 is 0 Å². The van der Waals surface area contributed by atoms with Crippen LogP contribution in [0, 0.1) is 6.92 Å². The standard InChI is InChI=1S/C9H17N2O2/c1-9-10(2)4-5-11(9)6-7-13-8-12-3/h4-5H,6-8H2,1-3H3/q+1. The molecule has 74 valence electrons. The molecule has 0 aliphatic rings. The maximum atomic E-state index is 5.20. The highest BCUT2D eigenvalue weighted by atomic mass is 16.7. The molecule has 0 bridgehead atoms. The molecule has 0 aliphatic heterocycles. The van der Waals surface area contributed by atoms with Crippen molar-refractivity contribution in [3.63, 3.8) is 0 Å². The first kappa shape index (κ1) is 10.2. The molecule has 0 aliphatic carbocycles. The molecule has 13 heavy (non-hydrogen) atoms. The van der Waals surface area contributed by atoms with Crippen molar-refractivity contribution in [2.45, 2.75) is 13.5 Å². The Balaban J connectivity index is 2.32. The highest BCUT2D eigenvalue weighted by Gasteiger charge is 2.07. The normalized spacial score (nSPS) is 10.7. The summed E-state index contributed by atoms with van der Waals surface area (Å²) in [7, 11) is 3.66. The van der Waals surface area contributed by atoms with Crippen LogP contribution < -0.4 is 4.57 Å². The van der Waals surface area contributed by atoms with E-state index < -0.39 is 0 Å². The molecule has 1 aromatic heterocycles. The van der Waals surface area contributed by atoms with Gasteiger partial charge in [0.15, 0.2) is 0 Å². The molecule has 1 rings (SSSR count). The van der Waals surface area contributed by atoms with E-state index in [4.69, 9.17) is 9.47 Å². The quantitative estimate of drug-likeness (QED) is 0.373. The molecule has 0 amide bonds. The van der Waals surface area contributed by atoms with Crippen LogP contribution in [0.25, 0.3) is 0 Å². The van der Waals surface area contributed by atoms with Crippen LogP contribution >= 0.6 is 0 Å². The van der Waals surface area contributed by atoms with E-state index >= 15 is 0 Å². The summed E-state index contributed by atoms with van der Waals surface area (Å²) >= 11 is 0. The highest BCUT2D eigenvalue weighted by molar-refractivity contribution is 4.78. The zero-order valence-electron chi connectivity index (χ0n) is 8.49. The van der Waals surface area contributed by atoms with Crippen LogP contribution in [0.1, 0.15) is 5.82 Å². The monoisotopic (exact) mass is 185 g/mol. The third-order valence-corrected chi connectivity index (χ3v) is 2.07. The Hall–Kier alpha value is -0.870. The molecule has 0 unspecified atom stereocenters. The molecule has 0 atom stereocenters. The van der Waals surface area contributed by atoms with E-state index in [9.17, 15) is 0 Å². The zero-order chi connectivity index (χ0) is 9.68. The van der Waals surface area contributed by atoms with Crippen molar-refractivity contribution < 1.29 is 14.0 Å². The van der Waals surface area contributed by atoms with E-state index in [-0.39, 0.29) is 0 Å². The summed E-state index contributed by atoms with van der Waals surface area (Å²) in [5.41, 5.74) is 0. The second-order valence-electron chi connectivity index (χ2n) is 2.96. The van der Waals surface area contributed by atoms with Crippen LogP contribution in [0.3, 0.4) is 0 Å². The molecule has 0 radical (unpaired) electrons. The number of imidazole rings is 1. The molecule has 1 aromatic rings. The van der Waals surface area contributed by atoms with Gasteiger partial charge in [0.25, 0.3) is 5.82 Å². The second kappa shape index (κ2) is 4.99. The van der Waals surface area contributed by atoms with Gasteiger partial charge in [-0.25, -0.2) is 9.13 Å². The van der Waals surface area contributed by atoms with E-state index in [1.165, 1.54) is 5.82 Å². The molecule has 4 nitrogen and oxygen atoms in total. The third kappa shape index (κ3) is 2.82. The molecule has 0 saturated carbocycles. The lowest BCUT2D eigenvalue weighted by Crippen LogP contribution is -2.30. The minimum absolute atomic E-state index is 0.368. The third-order valence-electron chi connectivity index (χ3n) is 2.07. The molecular formula is C9H17N2O2+. The Bertz CT molecular complexity index is 258. The molecule has 0 N–H and O–H groups in total. The fraction of sp³-hybridized carbons (Fsp3) is 0.667. The average Bonchev–Trinajstić information content (AvgIpc) is 2.43. The van der Waals surface area contributed by atoms with Crippen LogP contribution in [-0.4, -0.2) is 25.1 Å². The minimum Gasteiger partial charge on any atom is -0.359 e. The van der Waals surface area contributed by atoms with Gasteiger partial charge in [-0.05, 0) is 0 Å². The van der Waals surface area contributed by atoms with Crippen LogP contribution in [-0.2, 0) is 23.1 Å². The van der Waals surface area contributed by atoms with Crippen molar-refractivity contribution in [3.05, 3.63) is 18.2 Å². The summed E-state index contributed by atoms with van der Waals surface area (Å²) < 4.78 is 14.2. The first-order valence-corrected chi connectivity index (χ1v) is 4.33. The fourth-order valence-corrected chi connectivity index (χ4v) is 1.14. The number of hydrogen-bond acceptors (Lipinski definition) is 2. The van der Waals surface area contributed by atoms with Crippen molar-refractivity contribution in [1.29, 1.82) is 0 Å². The van der Waals surface area contributed by atoms with E-state index in [2.05, 4.69) is 16.1 Å². The SMILES string of the molecule is COCOCCn1cc[n+](C)c1C. The predicted molar refractivity (Wildman–Crippen MR) is 48.2 cm³/mol. The van der Waals surface area contributed by atoms with E-state index in [1.807, 2.05) is 19.4 Å². The highest BCUT2D eigenvalue weighted by Crippen LogP contribution is 1.92. The van der Waals surface area contributed by atoms with Crippen LogP contribution in [0.5, 0.6) is 0 Å². The van der Waals surface area contributed by atoms with Crippen molar-refractivity contribution in [2.75, 3.05) is 20.5 Å². The van der Waals surface area contributed by atoms with Gasteiger partial charge in [-0.2, -0.15) is 0 Å². The molecule has 1 heterocycles. The van der Waals surface area contributed by atoms with Gasteiger partial charge in [0.1, 0.15) is 25.7 Å². The molecule has 4 heteroatoms. The van der Waals surface area contributed by atoms with Crippen LogP contribution in [0.4, 0.5) is 0 Å². The smallest absolute Gasteiger partial charge is 0.253 e. The molecule has 0 saturated heterocycles. The lowest BCUT2D eigenvalue weighted by molar-refractivity contribution is -0.677. The number of rotatable bonds is 5. The average molecular weight is 185 g/mol. The largest absolute Gasteiger partial charge is 0.359 e. The van der Waals surface area contributed by atoms with Crippen molar-refractivity contribution in [1.82, 2.24) is 4.57 Å². The maximum Gasteiger partial charge on any atom is 0.253 e. The van der Waals surface area contributed by atoms with Gasteiger partial charge in [0.2, 0.25) is 0 Å². The number of hydrogen-bond donors (Lipinski definition) is 0. The molecular weight excluding hydrogens is 168 g/mol. The lowest BCUT2D eigenvalue weighted by Gasteiger charge is -2.01. The Morgan fingerprint density at radius 1 is 1.54 bits per heavy atom. The number of aromatic nitrogens is 2. The van der Waals surface area contributed by atoms with Gasteiger partial charge in [-0.3, -0.25) is 0 Å². The summed E-state index contributed by atoms with van der Waals surface area (Å²) in [6.07, 6.45) is 4.08. The maximum absolute atomic E-state index is 5.20. The second-order valence-corrected chi connectivity index (χ2v) is 2.96. The number of ether oxygens (including phenoxy) is 2.